The van der Waals surface area contributed by atoms with Crippen LogP contribution in [0.15, 0.2) is 18.2 Å². The van der Waals surface area contributed by atoms with Gasteiger partial charge in [-0.15, -0.1) is 0 Å². The first kappa shape index (κ1) is 14.6. The van der Waals surface area contributed by atoms with Crippen LogP contribution in [0, 0.1) is 0 Å². The van der Waals surface area contributed by atoms with E-state index in [0.29, 0.717) is 29.5 Å². The number of nitrogens with two attached hydrogens (primary N) is 2. The molecule has 1 aliphatic heterocycles. The van der Waals surface area contributed by atoms with Crippen LogP contribution in [0.3, 0.4) is 0 Å². The standard InChI is InChI=1S/C14H23N5O/c1-18-5-6-19(2)11(9-18)8-17-14(20)12-4-3-10(15)7-13(12)16/h3-4,7,11H,5-6,8-9,15-16H2,1-2H3,(H,17,20). The van der Waals surface area contributed by atoms with Crippen LogP contribution in [-0.2, 0) is 0 Å². The van der Waals surface area contributed by atoms with Gasteiger partial charge in [0.25, 0.3) is 5.91 Å². The SMILES string of the molecule is CN1CCN(C)C(CNC(=O)c2ccc(N)cc2N)C1. The third-order valence-corrected chi connectivity index (χ3v) is 3.80. The van der Waals surface area contributed by atoms with Crippen LogP contribution in [0.5, 0.6) is 0 Å². The van der Waals surface area contributed by atoms with Crippen molar-refractivity contribution in [3.05, 3.63) is 23.8 Å². The number of hydrogen-bond donors (Lipinski definition) is 3. The number of nitrogen functional groups attached to an aromatic ring is 2. The average Bonchev–Trinajstić information content (AvgIpc) is 2.39. The van der Waals surface area contributed by atoms with E-state index < -0.39 is 0 Å². The summed E-state index contributed by atoms with van der Waals surface area (Å²) in [5.41, 5.74) is 12.9. The molecule has 1 heterocycles. The molecule has 5 N–H and O–H groups in total. The summed E-state index contributed by atoms with van der Waals surface area (Å²) in [5.74, 6) is -0.149. The fraction of sp³-hybridized carbons (Fsp3) is 0.500. The number of nitrogens with zero attached hydrogens (tertiary/aromatic N) is 2. The third-order valence-electron chi connectivity index (χ3n) is 3.80. The Morgan fingerprint density at radius 3 is 2.80 bits per heavy atom. The van der Waals surface area contributed by atoms with Crippen LogP contribution >= 0.6 is 0 Å². The van der Waals surface area contributed by atoms with E-state index in [1.54, 1.807) is 18.2 Å². The van der Waals surface area contributed by atoms with Gasteiger partial charge >= 0.3 is 0 Å². The monoisotopic (exact) mass is 277 g/mol. The van der Waals surface area contributed by atoms with Crippen LogP contribution in [-0.4, -0.2) is 62.0 Å². The van der Waals surface area contributed by atoms with Gasteiger partial charge in [-0.2, -0.15) is 0 Å². The molecule has 0 spiro atoms. The number of nitrogens with one attached hydrogen (secondary N) is 1. The Morgan fingerprint density at radius 2 is 2.10 bits per heavy atom. The second-order valence-electron chi connectivity index (χ2n) is 5.45. The highest BCUT2D eigenvalue weighted by atomic mass is 16.1. The van der Waals surface area contributed by atoms with E-state index in [2.05, 4.69) is 29.2 Å². The molecule has 2 rings (SSSR count). The molecule has 1 aliphatic rings. The summed E-state index contributed by atoms with van der Waals surface area (Å²) in [4.78, 5) is 16.7. The summed E-state index contributed by atoms with van der Waals surface area (Å²) < 4.78 is 0. The Kier molecular flexibility index (Phi) is 4.46. The lowest BCUT2D eigenvalue weighted by Crippen LogP contribution is -2.54. The molecule has 1 aromatic rings. The number of rotatable bonds is 3. The lowest BCUT2D eigenvalue weighted by atomic mass is 10.1. The largest absolute Gasteiger partial charge is 0.399 e. The van der Waals surface area contributed by atoms with E-state index in [-0.39, 0.29) is 5.91 Å². The van der Waals surface area contributed by atoms with Crippen LogP contribution in [0.2, 0.25) is 0 Å². The molecule has 1 saturated heterocycles. The van der Waals surface area contributed by atoms with Crippen molar-refractivity contribution in [2.75, 3.05) is 51.7 Å². The number of carbonyl (C=O) groups is 1. The third kappa shape index (κ3) is 3.40. The van der Waals surface area contributed by atoms with E-state index in [0.717, 1.165) is 19.6 Å². The first-order valence-electron chi connectivity index (χ1n) is 6.79. The molecule has 0 aromatic heterocycles. The van der Waals surface area contributed by atoms with Gasteiger partial charge in [-0.25, -0.2) is 0 Å². The summed E-state index contributed by atoms with van der Waals surface area (Å²) >= 11 is 0. The Balaban J connectivity index is 1.94. The highest BCUT2D eigenvalue weighted by Crippen LogP contribution is 2.15. The summed E-state index contributed by atoms with van der Waals surface area (Å²) in [5, 5.41) is 2.95. The van der Waals surface area contributed by atoms with Crippen LogP contribution in [0.1, 0.15) is 10.4 Å². The van der Waals surface area contributed by atoms with Gasteiger partial charge in [0.1, 0.15) is 0 Å². The lowest BCUT2D eigenvalue weighted by Gasteiger charge is -2.37. The van der Waals surface area contributed by atoms with Crippen LogP contribution < -0.4 is 16.8 Å². The molecule has 1 aromatic carbocycles. The molecule has 1 atom stereocenters. The van der Waals surface area contributed by atoms with Gasteiger partial charge in [-0.05, 0) is 32.3 Å². The summed E-state index contributed by atoms with van der Waals surface area (Å²) in [7, 11) is 4.18. The normalized spacial score (nSPS) is 20.8. The van der Waals surface area contributed by atoms with Gasteiger partial charge in [-0.1, -0.05) is 0 Å². The highest BCUT2D eigenvalue weighted by Gasteiger charge is 2.22. The van der Waals surface area contributed by atoms with Crippen molar-refractivity contribution in [1.29, 1.82) is 0 Å². The number of carbonyl (C=O) groups excluding carboxylic acids is 1. The predicted molar refractivity (Wildman–Crippen MR) is 81.5 cm³/mol. The van der Waals surface area contributed by atoms with E-state index in [1.165, 1.54) is 0 Å². The molecular formula is C14H23N5O. The first-order chi connectivity index (χ1) is 9.47. The van der Waals surface area contributed by atoms with Crippen LogP contribution in [0.25, 0.3) is 0 Å². The van der Waals surface area contributed by atoms with Crippen LogP contribution in [0.4, 0.5) is 11.4 Å². The minimum atomic E-state index is -0.149. The zero-order valence-electron chi connectivity index (χ0n) is 12.1. The number of piperazine rings is 1. The van der Waals surface area contributed by atoms with Crippen molar-refractivity contribution >= 4 is 17.3 Å². The predicted octanol–water partition coefficient (Wildman–Crippen LogP) is -0.173. The molecule has 1 unspecified atom stereocenters. The maximum atomic E-state index is 12.1. The molecule has 0 bridgehead atoms. The lowest BCUT2D eigenvalue weighted by molar-refractivity contribution is 0.0882. The molecule has 0 aliphatic carbocycles. The van der Waals surface area contributed by atoms with Crippen molar-refractivity contribution in [1.82, 2.24) is 15.1 Å². The number of likely N-dealkylation sites (N-methyl/N-ethyl adjacent to an activating group) is 2. The van der Waals surface area contributed by atoms with Crippen molar-refractivity contribution in [2.24, 2.45) is 0 Å². The van der Waals surface area contributed by atoms with E-state index in [1.807, 2.05) is 0 Å². The van der Waals surface area contributed by atoms with Crippen molar-refractivity contribution in [3.63, 3.8) is 0 Å². The maximum absolute atomic E-state index is 12.1. The van der Waals surface area contributed by atoms with Gasteiger partial charge < -0.3 is 21.7 Å². The minimum absolute atomic E-state index is 0.149. The van der Waals surface area contributed by atoms with E-state index >= 15 is 0 Å². The second kappa shape index (κ2) is 6.11. The topological polar surface area (TPSA) is 87.6 Å². The smallest absolute Gasteiger partial charge is 0.253 e. The average molecular weight is 277 g/mol. The van der Waals surface area contributed by atoms with Gasteiger partial charge in [0.15, 0.2) is 0 Å². The number of benzene rings is 1. The highest BCUT2D eigenvalue weighted by molar-refractivity contribution is 5.99. The first-order valence-corrected chi connectivity index (χ1v) is 6.79. The van der Waals surface area contributed by atoms with E-state index in [9.17, 15) is 4.79 Å². The molecule has 20 heavy (non-hydrogen) atoms. The zero-order valence-corrected chi connectivity index (χ0v) is 12.1. The second-order valence-corrected chi connectivity index (χ2v) is 5.45. The van der Waals surface area contributed by atoms with E-state index in [4.69, 9.17) is 11.5 Å². The summed E-state index contributed by atoms with van der Waals surface area (Å²) in [6.45, 7) is 3.64. The quantitative estimate of drug-likeness (QED) is 0.668. The molecule has 0 saturated carbocycles. The zero-order chi connectivity index (χ0) is 14.7. The maximum Gasteiger partial charge on any atom is 0.253 e. The van der Waals surface area contributed by atoms with Crippen molar-refractivity contribution in [2.45, 2.75) is 6.04 Å². The molecule has 1 fully saturated rings. The Hall–Kier alpha value is -1.79. The number of amides is 1. The molecule has 1 amide bonds. The minimum Gasteiger partial charge on any atom is -0.399 e. The molecule has 6 nitrogen and oxygen atoms in total. The van der Waals surface area contributed by atoms with Gasteiger partial charge in [-0.3, -0.25) is 9.69 Å². The molecule has 0 radical (unpaired) electrons. The van der Waals surface area contributed by atoms with Crippen molar-refractivity contribution in [3.8, 4) is 0 Å². The van der Waals surface area contributed by atoms with Gasteiger partial charge in [0.2, 0.25) is 0 Å². The number of anilines is 2. The summed E-state index contributed by atoms with van der Waals surface area (Å²) in [6, 6.07) is 5.28. The molecular weight excluding hydrogens is 254 g/mol. The fourth-order valence-corrected chi connectivity index (χ4v) is 2.42. The Bertz CT molecular complexity index is 490. The molecule has 110 valence electrons. The van der Waals surface area contributed by atoms with Gasteiger partial charge in [0.05, 0.1) is 5.56 Å². The van der Waals surface area contributed by atoms with Gasteiger partial charge in [0, 0.05) is 43.6 Å². The Labute approximate surface area is 119 Å². The van der Waals surface area contributed by atoms with Crippen molar-refractivity contribution < 1.29 is 4.79 Å². The summed E-state index contributed by atoms with van der Waals surface area (Å²) in [6.07, 6.45) is 0. The fourth-order valence-electron chi connectivity index (χ4n) is 2.42. The molecule has 6 heteroatoms. The number of hydrogen-bond acceptors (Lipinski definition) is 5. The Morgan fingerprint density at radius 1 is 1.35 bits per heavy atom.